The van der Waals surface area contributed by atoms with E-state index in [1.54, 1.807) is 0 Å². The lowest BCUT2D eigenvalue weighted by atomic mass is 10.0. The summed E-state index contributed by atoms with van der Waals surface area (Å²) in [7, 11) is 0. The molecule has 0 amide bonds. The Morgan fingerprint density at radius 1 is 1.24 bits per heavy atom. The number of nitrogens with zero attached hydrogens (tertiary/aromatic N) is 4. The zero-order valence-corrected chi connectivity index (χ0v) is 13.0. The number of aliphatic hydroxyl groups excluding tert-OH is 1. The van der Waals surface area contributed by atoms with Gasteiger partial charge in [-0.3, -0.25) is 0 Å². The van der Waals surface area contributed by atoms with Crippen molar-refractivity contribution in [3.05, 3.63) is 16.8 Å². The number of hydrogen-bond acceptors (Lipinski definition) is 6. The standard InChI is InChI=1S/C14H25N5O2/c1-4-10-11(5-2)16-17-14(12(10)13(15)18-21)19(6-3)8-7-9-20/h20-21H,4-9H2,1-3H3,(H2,15,18). The van der Waals surface area contributed by atoms with Gasteiger partial charge in [-0.25, -0.2) is 0 Å². The molecule has 0 radical (unpaired) electrons. The Balaban J connectivity index is 3.42. The Kier molecular flexibility index (Phi) is 6.87. The molecule has 0 atom stereocenters. The van der Waals surface area contributed by atoms with Crippen molar-refractivity contribution in [2.45, 2.75) is 40.0 Å². The molecule has 7 nitrogen and oxygen atoms in total. The van der Waals surface area contributed by atoms with E-state index in [-0.39, 0.29) is 12.4 Å². The molecule has 0 aliphatic heterocycles. The third-order valence-electron chi connectivity index (χ3n) is 3.46. The predicted octanol–water partition coefficient (Wildman–Crippen LogP) is 0.905. The summed E-state index contributed by atoms with van der Waals surface area (Å²) in [5.41, 5.74) is 8.34. The molecule has 0 bridgehead atoms. The van der Waals surface area contributed by atoms with Gasteiger partial charge in [-0.05, 0) is 31.7 Å². The third-order valence-corrected chi connectivity index (χ3v) is 3.46. The summed E-state index contributed by atoms with van der Waals surface area (Å²) in [6, 6.07) is 0. The van der Waals surface area contributed by atoms with Gasteiger partial charge in [0.05, 0.1) is 11.3 Å². The first-order valence-electron chi connectivity index (χ1n) is 7.36. The summed E-state index contributed by atoms with van der Waals surface area (Å²) in [5, 5.41) is 29.8. The lowest BCUT2D eigenvalue weighted by Gasteiger charge is -2.25. The van der Waals surface area contributed by atoms with Crippen LogP contribution in [0.3, 0.4) is 0 Å². The molecule has 118 valence electrons. The molecule has 1 aromatic heterocycles. The number of oxime groups is 1. The number of aromatic nitrogens is 2. The first kappa shape index (κ1) is 17.2. The Hall–Kier alpha value is -1.89. The summed E-state index contributed by atoms with van der Waals surface area (Å²) in [6.45, 7) is 7.46. The average molecular weight is 295 g/mol. The van der Waals surface area contributed by atoms with Gasteiger partial charge in [-0.15, -0.1) is 5.10 Å². The SMILES string of the molecule is CCc1nnc(N(CC)CCCO)c(C(N)=NO)c1CC. The van der Waals surface area contributed by atoms with Crippen molar-refractivity contribution in [1.82, 2.24) is 10.2 Å². The van der Waals surface area contributed by atoms with Crippen LogP contribution >= 0.6 is 0 Å². The molecule has 0 spiro atoms. The van der Waals surface area contributed by atoms with E-state index in [2.05, 4.69) is 15.4 Å². The number of aryl methyl sites for hydroxylation is 1. The first-order chi connectivity index (χ1) is 10.1. The van der Waals surface area contributed by atoms with Crippen LogP contribution in [0.25, 0.3) is 0 Å². The van der Waals surface area contributed by atoms with Gasteiger partial charge >= 0.3 is 0 Å². The van der Waals surface area contributed by atoms with Crippen molar-refractivity contribution in [3.8, 4) is 0 Å². The lowest BCUT2D eigenvalue weighted by Crippen LogP contribution is -2.31. The minimum Gasteiger partial charge on any atom is -0.409 e. The summed E-state index contributed by atoms with van der Waals surface area (Å²) >= 11 is 0. The van der Waals surface area contributed by atoms with Crippen molar-refractivity contribution in [2.75, 3.05) is 24.6 Å². The highest BCUT2D eigenvalue weighted by molar-refractivity contribution is 6.03. The van der Waals surface area contributed by atoms with Crippen molar-refractivity contribution in [1.29, 1.82) is 0 Å². The molecule has 1 heterocycles. The second-order valence-electron chi connectivity index (χ2n) is 4.67. The minimum atomic E-state index is 0.0499. The van der Waals surface area contributed by atoms with Gasteiger partial charge in [0.1, 0.15) is 0 Å². The van der Waals surface area contributed by atoms with E-state index in [1.807, 2.05) is 25.7 Å². The molecule has 0 saturated heterocycles. The van der Waals surface area contributed by atoms with Gasteiger partial charge in [-0.1, -0.05) is 19.0 Å². The maximum atomic E-state index is 9.08. The van der Waals surface area contributed by atoms with E-state index in [1.165, 1.54) is 0 Å². The monoisotopic (exact) mass is 295 g/mol. The molecule has 1 aromatic rings. The molecule has 0 saturated carbocycles. The Labute approximate surface area is 125 Å². The van der Waals surface area contributed by atoms with E-state index >= 15 is 0 Å². The van der Waals surface area contributed by atoms with Gasteiger partial charge in [-0.2, -0.15) is 5.10 Å². The van der Waals surface area contributed by atoms with E-state index < -0.39 is 0 Å². The topological polar surface area (TPSA) is 108 Å². The van der Waals surface area contributed by atoms with Crippen LogP contribution in [0.15, 0.2) is 5.16 Å². The van der Waals surface area contributed by atoms with Crippen LogP contribution in [0.2, 0.25) is 0 Å². The highest BCUT2D eigenvalue weighted by Crippen LogP contribution is 2.24. The van der Waals surface area contributed by atoms with Crippen LogP contribution in [-0.2, 0) is 12.8 Å². The maximum Gasteiger partial charge on any atom is 0.174 e. The Bertz CT molecular complexity index is 490. The first-order valence-corrected chi connectivity index (χ1v) is 7.36. The smallest absolute Gasteiger partial charge is 0.174 e. The molecule has 0 aromatic carbocycles. The second-order valence-corrected chi connectivity index (χ2v) is 4.67. The molecule has 0 unspecified atom stereocenters. The molecule has 21 heavy (non-hydrogen) atoms. The molecule has 1 rings (SSSR count). The van der Waals surface area contributed by atoms with Gasteiger partial charge in [0, 0.05) is 19.7 Å². The fraction of sp³-hybridized carbons (Fsp3) is 0.643. The van der Waals surface area contributed by atoms with E-state index in [0.717, 1.165) is 24.1 Å². The van der Waals surface area contributed by atoms with Crippen LogP contribution in [0.1, 0.15) is 44.0 Å². The average Bonchev–Trinajstić information content (AvgIpc) is 2.53. The van der Waals surface area contributed by atoms with Crippen LogP contribution in [0.5, 0.6) is 0 Å². The summed E-state index contributed by atoms with van der Waals surface area (Å²) in [5.74, 6) is 0.657. The van der Waals surface area contributed by atoms with Gasteiger partial charge in [0.2, 0.25) is 0 Å². The lowest BCUT2D eigenvalue weighted by molar-refractivity contribution is 0.289. The van der Waals surface area contributed by atoms with Crippen molar-refractivity contribution in [2.24, 2.45) is 10.9 Å². The number of rotatable bonds is 8. The number of nitrogens with two attached hydrogens (primary N) is 1. The largest absolute Gasteiger partial charge is 0.409 e. The number of aliphatic hydroxyl groups is 1. The highest BCUT2D eigenvalue weighted by Gasteiger charge is 2.21. The fourth-order valence-corrected chi connectivity index (χ4v) is 2.38. The molecule has 0 aliphatic rings. The second kappa shape index (κ2) is 8.41. The maximum absolute atomic E-state index is 9.08. The van der Waals surface area contributed by atoms with E-state index in [4.69, 9.17) is 16.0 Å². The quantitative estimate of drug-likeness (QED) is 0.285. The van der Waals surface area contributed by atoms with Gasteiger partial charge < -0.3 is 20.9 Å². The van der Waals surface area contributed by atoms with Crippen LogP contribution < -0.4 is 10.6 Å². The molecule has 7 heteroatoms. The van der Waals surface area contributed by atoms with Crippen LogP contribution in [0, 0.1) is 0 Å². The number of amidine groups is 1. The Morgan fingerprint density at radius 3 is 2.43 bits per heavy atom. The van der Waals surface area contributed by atoms with Crippen molar-refractivity contribution >= 4 is 11.7 Å². The predicted molar refractivity (Wildman–Crippen MR) is 82.9 cm³/mol. The van der Waals surface area contributed by atoms with Crippen molar-refractivity contribution < 1.29 is 10.3 Å². The summed E-state index contributed by atoms with van der Waals surface area (Å²) in [4.78, 5) is 1.98. The van der Waals surface area contributed by atoms with Gasteiger partial charge in [0.25, 0.3) is 0 Å². The number of anilines is 1. The summed E-state index contributed by atoms with van der Waals surface area (Å²) < 4.78 is 0. The van der Waals surface area contributed by atoms with Crippen LogP contribution in [-0.4, -0.2) is 46.0 Å². The zero-order chi connectivity index (χ0) is 15.8. The molecule has 4 N–H and O–H groups in total. The normalized spacial score (nSPS) is 11.7. The Morgan fingerprint density at radius 2 is 1.95 bits per heavy atom. The van der Waals surface area contributed by atoms with E-state index in [0.29, 0.717) is 30.9 Å². The number of hydrogen-bond donors (Lipinski definition) is 3. The minimum absolute atomic E-state index is 0.0499. The summed E-state index contributed by atoms with van der Waals surface area (Å²) in [6.07, 6.45) is 2.10. The third kappa shape index (κ3) is 3.81. The fourth-order valence-electron chi connectivity index (χ4n) is 2.38. The zero-order valence-electron chi connectivity index (χ0n) is 13.0. The van der Waals surface area contributed by atoms with Crippen LogP contribution in [0.4, 0.5) is 5.82 Å². The molecular formula is C14H25N5O2. The molecule has 0 aliphatic carbocycles. The molecular weight excluding hydrogens is 270 g/mol. The van der Waals surface area contributed by atoms with Gasteiger partial charge in [0.15, 0.2) is 11.7 Å². The highest BCUT2D eigenvalue weighted by atomic mass is 16.4. The molecule has 0 fully saturated rings. The van der Waals surface area contributed by atoms with E-state index in [9.17, 15) is 0 Å². The van der Waals surface area contributed by atoms with Crippen molar-refractivity contribution in [3.63, 3.8) is 0 Å².